The predicted molar refractivity (Wildman–Crippen MR) is 107 cm³/mol. The van der Waals surface area contributed by atoms with Crippen molar-refractivity contribution in [1.82, 2.24) is 10.2 Å². The molecule has 1 amide bonds. The first kappa shape index (κ1) is 22.4. The van der Waals surface area contributed by atoms with E-state index in [9.17, 15) is 13.6 Å². The van der Waals surface area contributed by atoms with Crippen molar-refractivity contribution in [3.8, 4) is 5.75 Å². The number of carbonyl (C=O) groups excluding carboxylic acids is 1. The van der Waals surface area contributed by atoms with Crippen LogP contribution in [0.4, 0.5) is 8.78 Å². The van der Waals surface area contributed by atoms with Gasteiger partial charge in [-0.1, -0.05) is 41.9 Å². The molecule has 152 valence electrons. The minimum atomic E-state index is -2.84. The molecule has 1 N–H and O–H groups in total. The van der Waals surface area contributed by atoms with Crippen LogP contribution in [0.25, 0.3) is 0 Å². The molecule has 0 spiro atoms. The summed E-state index contributed by atoms with van der Waals surface area (Å²) in [7, 11) is 0. The van der Waals surface area contributed by atoms with Crippen LogP contribution in [0.15, 0.2) is 48.5 Å². The Kier molecular flexibility index (Phi) is 8.48. The lowest BCUT2D eigenvalue weighted by molar-refractivity contribution is -0.134. The van der Waals surface area contributed by atoms with Gasteiger partial charge in [-0.05, 0) is 35.7 Å². The second kappa shape index (κ2) is 10.6. The number of nitrogens with one attached hydrogen (secondary N) is 1. The van der Waals surface area contributed by atoms with E-state index in [1.807, 2.05) is 29.2 Å². The fourth-order valence-corrected chi connectivity index (χ4v) is 3.52. The first-order valence-corrected chi connectivity index (χ1v) is 9.21. The third-order valence-corrected chi connectivity index (χ3v) is 4.95. The highest BCUT2D eigenvalue weighted by atomic mass is 35.5. The van der Waals surface area contributed by atoms with Crippen molar-refractivity contribution in [2.45, 2.75) is 25.5 Å². The number of amides is 1. The molecule has 3 rings (SSSR count). The summed E-state index contributed by atoms with van der Waals surface area (Å²) in [6.07, 6.45) is 0.878. The van der Waals surface area contributed by atoms with Gasteiger partial charge in [0, 0.05) is 31.1 Å². The van der Waals surface area contributed by atoms with Gasteiger partial charge in [0.25, 0.3) is 0 Å². The number of hydrogen-bond donors (Lipinski definition) is 1. The summed E-state index contributed by atoms with van der Waals surface area (Å²) in [6.45, 7) is -0.816. The molecule has 1 aliphatic rings. The van der Waals surface area contributed by atoms with Crippen molar-refractivity contribution >= 4 is 29.9 Å². The highest BCUT2D eigenvalue weighted by Crippen LogP contribution is 2.29. The van der Waals surface area contributed by atoms with E-state index in [0.717, 1.165) is 17.7 Å². The Bertz CT molecular complexity index is 775. The van der Waals surface area contributed by atoms with E-state index in [1.165, 1.54) is 12.1 Å². The van der Waals surface area contributed by atoms with Crippen LogP contribution in [0.2, 0.25) is 5.02 Å². The first-order chi connectivity index (χ1) is 13.0. The van der Waals surface area contributed by atoms with Gasteiger partial charge in [0.2, 0.25) is 5.91 Å². The fourth-order valence-electron chi connectivity index (χ4n) is 3.26. The number of aryl methyl sites for hydroxylation is 1. The van der Waals surface area contributed by atoms with E-state index < -0.39 is 6.61 Å². The summed E-state index contributed by atoms with van der Waals surface area (Å²) in [4.78, 5) is 14.7. The summed E-state index contributed by atoms with van der Waals surface area (Å²) in [6, 6.07) is 13.9. The zero-order valence-electron chi connectivity index (χ0n) is 15.1. The largest absolute Gasteiger partial charge is 0.435 e. The Hall–Kier alpha value is -1.89. The van der Waals surface area contributed by atoms with E-state index in [4.69, 9.17) is 11.6 Å². The monoisotopic (exact) mass is 430 g/mol. The average Bonchev–Trinajstić information content (AvgIpc) is 2.67. The summed E-state index contributed by atoms with van der Waals surface area (Å²) in [5, 5.41) is 3.96. The number of hydrogen-bond acceptors (Lipinski definition) is 3. The molecule has 0 aliphatic carbocycles. The maximum atomic E-state index is 12.8. The van der Waals surface area contributed by atoms with E-state index >= 15 is 0 Å². The van der Waals surface area contributed by atoms with Crippen LogP contribution in [-0.2, 0) is 11.2 Å². The molecule has 1 unspecified atom stereocenters. The van der Waals surface area contributed by atoms with Gasteiger partial charge in [0.05, 0.1) is 6.04 Å². The standard InChI is InChI=1S/C20H21ClF2N2O2.ClH/c21-17-4-2-1-3-16(17)18-13-24-11-12-25(18)19(26)10-7-14-5-8-15(9-6-14)27-20(22)23;/h1-6,8-9,18,20,24H,7,10-13H2;1H. The van der Waals surface area contributed by atoms with Crippen LogP contribution < -0.4 is 10.1 Å². The third kappa shape index (κ3) is 5.80. The topological polar surface area (TPSA) is 41.6 Å². The summed E-state index contributed by atoms with van der Waals surface area (Å²) in [5.74, 6) is 0.162. The quantitative estimate of drug-likeness (QED) is 0.734. The second-order valence-corrected chi connectivity index (χ2v) is 6.76. The van der Waals surface area contributed by atoms with Gasteiger partial charge >= 0.3 is 6.61 Å². The van der Waals surface area contributed by atoms with Gasteiger partial charge in [-0.2, -0.15) is 8.78 Å². The van der Waals surface area contributed by atoms with Crippen LogP contribution in [0.5, 0.6) is 5.75 Å². The van der Waals surface area contributed by atoms with Crippen LogP contribution in [0.3, 0.4) is 0 Å². The number of halogens is 4. The highest BCUT2D eigenvalue weighted by molar-refractivity contribution is 6.31. The van der Waals surface area contributed by atoms with E-state index in [0.29, 0.717) is 31.0 Å². The molecule has 0 aromatic heterocycles. The number of nitrogens with zero attached hydrogens (tertiary/aromatic N) is 1. The molecule has 1 fully saturated rings. The zero-order chi connectivity index (χ0) is 19.2. The Morgan fingerprint density at radius 1 is 1.21 bits per heavy atom. The number of benzene rings is 2. The van der Waals surface area contributed by atoms with Gasteiger partial charge in [-0.15, -0.1) is 12.4 Å². The van der Waals surface area contributed by atoms with Gasteiger partial charge in [-0.3, -0.25) is 4.79 Å². The average molecular weight is 431 g/mol. The molecular weight excluding hydrogens is 409 g/mol. The highest BCUT2D eigenvalue weighted by Gasteiger charge is 2.28. The van der Waals surface area contributed by atoms with Crippen molar-refractivity contribution in [1.29, 1.82) is 0 Å². The minimum absolute atomic E-state index is 0. The maximum absolute atomic E-state index is 12.8. The molecule has 2 aromatic rings. The van der Waals surface area contributed by atoms with Crippen molar-refractivity contribution in [3.63, 3.8) is 0 Å². The van der Waals surface area contributed by atoms with E-state index in [1.54, 1.807) is 12.1 Å². The Balaban J connectivity index is 0.00000280. The molecule has 0 radical (unpaired) electrons. The first-order valence-electron chi connectivity index (χ1n) is 8.83. The molecule has 0 saturated carbocycles. The second-order valence-electron chi connectivity index (χ2n) is 6.35. The minimum Gasteiger partial charge on any atom is -0.435 e. The molecule has 1 heterocycles. The Morgan fingerprint density at radius 3 is 2.61 bits per heavy atom. The predicted octanol–water partition coefficient (Wildman–Crippen LogP) is 4.47. The smallest absolute Gasteiger partial charge is 0.387 e. The normalized spacial score (nSPS) is 16.6. The van der Waals surface area contributed by atoms with Crippen LogP contribution in [0.1, 0.15) is 23.6 Å². The number of carbonyl (C=O) groups is 1. The number of piperazine rings is 1. The van der Waals surface area contributed by atoms with Crippen molar-refractivity contribution in [2.24, 2.45) is 0 Å². The molecule has 0 bridgehead atoms. The molecular formula is C20H22Cl2F2N2O2. The molecule has 1 aliphatic heterocycles. The molecule has 1 saturated heterocycles. The van der Waals surface area contributed by atoms with Crippen molar-refractivity contribution in [3.05, 3.63) is 64.7 Å². The van der Waals surface area contributed by atoms with Crippen molar-refractivity contribution < 1.29 is 18.3 Å². The lowest BCUT2D eigenvalue weighted by atomic mass is 10.0. The van der Waals surface area contributed by atoms with E-state index in [-0.39, 0.29) is 30.1 Å². The molecule has 4 nitrogen and oxygen atoms in total. The van der Waals surface area contributed by atoms with Crippen molar-refractivity contribution in [2.75, 3.05) is 19.6 Å². The molecule has 2 aromatic carbocycles. The molecule has 28 heavy (non-hydrogen) atoms. The fraction of sp³-hybridized carbons (Fsp3) is 0.350. The Morgan fingerprint density at radius 2 is 1.93 bits per heavy atom. The van der Waals surface area contributed by atoms with Gasteiger partial charge in [0.15, 0.2) is 0 Å². The number of ether oxygens (including phenoxy) is 1. The summed E-state index contributed by atoms with van der Waals surface area (Å²) < 4.78 is 28.7. The summed E-state index contributed by atoms with van der Waals surface area (Å²) >= 11 is 6.32. The summed E-state index contributed by atoms with van der Waals surface area (Å²) in [5.41, 5.74) is 1.84. The third-order valence-electron chi connectivity index (χ3n) is 4.60. The van der Waals surface area contributed by atoms with E-state index in [2.05, 4.69) is 10.1 Å². The number of alkyl halides is 2. The van der Waals surface area contributed by atoms with Gasteiger partial charge in [-0.25, -0.2) is 0 Å². The molecule has 1 atom stereocenters. The zero-order valence-corrected chi connectivity index (χ0v) is 16.7. The van der Waals surface area contributed by atoms with Crippen LogP contribution in [0, 0.1) is 0 Å². The number of rotatable bonds is 6. The van der Waals surface area contributed by atoms with Gasteiger partial charge < -0.3 is 15.0 Å². The maximum Gasteiger partial charge on any atom is 0.387 e. The lowest BCUT2D eigenvalue weighted by Crippen LogP contribution is -2.48. The lowest BCUT2D eigenvalue weighted by Gasteiger charge is -2.37. The Labute approximate surface area is 174 Å². The SMILES string of the molecule is Cl.O=C(CCc1ccc(OC(F)F)cc1)N1CCNCC1c1ccccc1Cl. The van der Waals surface area contributed by atoms with Crippen LogP contribution >= 0.6 is 24.0 Å². The molecule has 8 heteroatoms. The van der Waals surface area contributed by atoms with Gasteiger partial charge in [0.1, 0.15) is 5.75 Å². The van der Waals surface area contributed by atoms with Crippen LogP contribution in [-0.4, -0.2) is 37.1 Å².